The maximum absolute atomic E-state index is 10.4. The second kappa shape index (κ2) is 4.58. The molecule has 0 atom stereocenters. The molecule has 0 spiro atoms. The fourth-order valence-electron chi connectivity index (χ4n) is 0.700. The summed E-state index contributed by atoms with van der Waals surface area (Å²) in [6, 6.07) is 0. The molecular formula is C8H8NO2Y-. The SMILES string of the molecule is C=C1C=CC(C(=O)O)=[C-]N1C.[Y]. The zero-order valence-electron chi connectivity index (χ0n) is 6.74. The third-order valence-corrected chi connectivity index (χ3v) is 1.39. The minimum Gasteiger partial charge on any atom is -0.521 e. The standard InChI is InChI=1S/C8H8NO2.Y/c1-6-3-4-7(8(10)11)5-9(6)2;/h3-4H,1H2,2H3,(H,10,11);/q-1;. The van der Waals surface area contributed by atoms with E-state index < -0.39 is 5.97 Å². The van der Waals surface area contributed by atoms with Crippen molar-refractivity contribution in [2.75, 3.05) is 7.05 Å². The van der Waals surface area contributed by atoms with E-state index in [1.165, 1.54) is 6.08 Å². The van der Waals surface area contributed by atoms with E-state index in [1.54, 1.807) is 18.0 Å². The van der Waals surface area contributed by atoms with Crippen molar-refractivity contribution in [3.05, 3.63) is 36.2 Å². The molecule has 0 fully saturated rings. The molecule has 0 saturated heterocycles. The Morgan fingerprint density at radius 2 is 2.25 bits per heavy atom. The zero-order valence-corrected chi connectivity index (χ0v) is 9.58. The van der Waals surface area contributed by atoms with Crippen LogP contribution < -0.4 is 0 Å². The van der Waals surface area contributed by atoms with E-state index in [-0.39, 0.29) is 38.3 Å². The van der Waals surface area contributed by atoms with Crippen LogP contribution in [0.2, 0.25) is 0 Å². The summed E-state index contributed by atoms with van der Waals surface area (Å²) in [6.45, 7) is 3.66. The summed E-state index contributed by atoms with van der Waals surface area (Å²) in [5.74, 6) is -0.972. The first-order chi connectivity index (χ1) is 5.11. The van der Waals surface area contributed by atoms with Crippen LogP contribution in [0.3, 0.4) is 0 Å². The van der Waals surface area contributed by atoms with Crippen LogP contribution in [0.1, 0.15) is 0 Å². The molecule has 0 saturated carbocycles. The summed E-state index contributed by atoms with van der Waals surface area (Å²) >= 11 is 0. The molecule has 0 bridgehead atoms. The fraction of sp³-hybridized carbons (Fsp3) is 0.125. The van der Waals surface area contributed by atoms with Gasteiger partial charge in [0, 0.05) is 32.7 Å². The Bertz CT molecular complexity index is 268. The number of carboxylic acid groups (broad SMARTS) is 1. The average molecular weight is 239 g/mol. The molecule has 1 aliphatic heterocycles. The Morgan fingerprint density at radius 3 is 2.67 bits per heavy atom. The molecule has 1 rings (SSSR count). The number of carbonyl (C=O) groups is 1. The van der Waals surface area contributed by atoms with Crippen LogP contribution in [-0.2, 0) is 37.5 Å². The van der Waals surface area contributed by atoms with Gasteiger partial charge in [0.2, 0.25) is 5.97 Å². The van der Waals surface area contributed by atoms with Crippen LogP contribution in [0.15, 0.2) is 30.0 Å². The van der Waals surface area contributed by atoms with E-state index in [1.807, 2.05) is 0 Å². The van der Waals surface area contributed by atoms with Gasteiger partial charge in [-0.25, -0.2) is 0 Å². The average Bonchev–Trinajstić information content (AvgIpc) is 1.94. The minimum absolute atomic E-state index is 0. The Balaban J connectivity index is 0.00000121. The summed E-state index contributed by atoms with van der Waals surface area (Å²) in [5, 5.41) is 8.54. The van der Waals surface area contributed by atoms with Crippen molar-refractivity contribution in [2.45, 2.75) is 0 Å². The molecule has 0 aromatic carbocycles. The summed E-state index contributed by atoms with van der Waals surface area (Å²) in [5.41, 5.74) is 0.884. The van der Waals surface area contributed by atoms with Gasteiger partial charge in [-0.1, -0.05) is 6.20 Å². The van der Waals surface area contributed by atoms with Crippen LogP contribution in [-0.4, -0.2) is 23.0 Å². The first kappa shape index (κ1) is 11.6. The van der Waals surface area contributed by atoms with Crippen molar-refractivity contribution in [3.8, 4) is 0 Å². The Morgan fingerprint density at radius 1 is 1.67 bits per heavy atom. The molecule has 3 nitrogen and oxygen atoms in total. The Labute approximate surface area is 96.3 Å². The number of hydrogen-bond acceptors (Lipinski definition) is 2. The summed E-state index contributed by atoms with van der Waals surface area (Å²) in [4.78, 5) is 11.9. The van der Waals surface area contributed by atoms with Crippen molar-refractivity contribution < 1.29 is 42.6 Å². The van der Waals surface area contributed by atoms with Crippen LogP contribution >= 0.6 is 0 Å². The molecule has 4 heteroatoms. The maximum atomic E-state index is 10.4. The molecule has 0 unspecified atom stereocenters. The summed E-state index contributed by atoms with van der Waals surface area (Å²) in [7, 11) is 1.70. The third kappa shape index (κ3) is 2.57. The Hall–Kier alpha value is -0.406. The largest absolute Gasteiger partial charge is 0.521 e. The first-order valence-electron chi connectivity index (χ1n) is 3.09. The third-order valence-electron chi connectivity index (χ3n) is 1.39. The molecule has 0 aromatic heterocycles. The van der Waals surface area contributed by atoms with Gasteiger partial charge in [-0.2, -0.15) is 0 Å². The molecule has 1 N–H and O–H groups in total. The van der Waals surface area contributed by atoms with Crippen molar-refractivity contribution in [1.29, 1.82) is 0 Å². The van der Waals surface area contributed by atoms with Gasteiger partial charge in [-0.15, -0.1) is 18.7 Å². The number of aliphatic carboxylic acids is 1. The monoisotopic (exact) mass is 239 g/mol. The second-order valence-corrected chi connectivity index (χ2v) is 2.21. The number of hydrogen-bond donors (Lipinski definition) is 1. The second-order valence-electron chi connectivity index (χ2n) is 2.21. The van der Waals surface area contributed by atoms with E-state index in [9.17, 15) is 4.79 Å². The van der Waals surface area contributed by atoms with Crippen molar-refractivity contribution in [2.24, 2.45) is 0 Å². The molecule has 0 amide bonds. The topological polar surface area (TPSA) is 40.5 Å². The van der Waals surface area contributed by atoms with Crippen LogP contribution in [0.5, 0.6) is 0 Å². The first-order valence-corrected chi connectivity index (χ1v) is 3.09. The number of carboxylic acids is 1. The number of likely N-dealkylation sites (N-methyl/N-ethyl adjacent to an activating group) is 1. The molecular weight excluding hydrogens is 231 g/mol. The molecule has 12 heavy (non-hydrogen) atoms. The van der Waals surface area contributed by atoms with Gasteiger partial charge < -0.3 is 14.8 Å². The Kier molecular flexibility index (Phi) is 4.42. The normalized spacial score (nSPS) is 15.2. The van der Waals surface area contributed by atoms with E-state index in [2.05, 4.69) is 12.8 Å². The fourth-order valence-corrected chi connectivity index (χ4v) is 0.700. The molecule has 1 radical (unpaired) electrons. The van der Waals surface area contributed by atoms with E-state index >= 15 is 0 Å². The molecule has 1 aliphatic rings. The minimum atomic E-state index is -0.972. The zero-order chi connectivity index (χ0) is 8.43. The molecule has 0 aliphatic carbocycles. The van der Waals surface area contributed by atoms with Gasteiger partial charge in [0.15, 0.2) is 0 Å². The van der Waals surface area contributed by atoms with Crippen molar-refractivity contribution >= 4 is 5.97 Å². The van der Waals surface area contributed by atoms with Crippen LogP contribution in [0.25, 0.3) is 0 Å². The van der Waals surface area contributed by atoms with E-state index in [4.69, 9.17) is 5.11 Å². The van der Waals surface area contributed by atoms with Crippen molar-refractivity contribution in [1.82, 2.24) is 4.90 Å². The smallest absolute Gasteiger partial charge is 0.249 e. The maximum Gasteiger partial charge on any atom is 0.249 e. The summed E-state index contributed by atoms with van der Waals surface area (Å²) in [6.07, 6.45) is 5.75. The van der Waals surface area contributed by atoms with E-state index in [0.717, 1.165) is 5.70 Å². The number of rotatable bonds is 1. The van der Waals surface area contributed by atoms with Gasteiger partial charge >= 0.3 is 0 Å². The quantitative estimate of drug-likeness (QED) is 0.687. The molecule has 1 heterocycles. The predicted octanol–water partition coefficient (Wildman–Crippen LogP) is 0.771. The predicted molar refractivity (Wildman–Crippen MR) is 40.4 cm³/mol. The van der Waals surface area contributed by atoms with Gasteiger partial charge in [0.25, 0.3) is 0 Å². The van der Waals surface area contributed by atoms with Crippen LogP contribution in [0.4, 0.5) is 0 Å². The van der Waals surface area contributed by atoms with Gasteiger partial charge in [-0.3, -0.25) is 0 Å². The van der Waals surface area contributed by atoms with Gasteiger partial charge in [0.1, 0.15) is 0 Å². The number of allylic oxidation sites excluding steroid dienone is 1. The molecule has 61 valence electrons. The molecule has 0 aromatic rings. The van der Waals surface area contributed by atoms with Gasteiger partial charge in [-0.05, 0) is 18.3 Å². The van der Waals surface area contributed by atoms with E-state index in [0.29, 0.717) is 0 Å². The van der Waals surface area contributed by atoms with Crippen LogP contribution in [0, 0.1) is 6.20 Å². The summed E-state index contributed by atoms with van der Waals surface area (Å²) < 4.78 is 0. The van der Waals surface area contributed by atoms with Gasteiger partial charge in [0.05, 0.1) is 0 Å². The number of nitrogens with zero attached hydrogens (tertiary/aromatic N) is 1. The van der Waals surface area contributed by atoms with Crippen molar-refractivity contribution in [3.63, 3.8) is 0 Å².